The Kier molecular flexibility index (Phi) is 8.01. The van der Waals surface area contributed by atoms with Crippen LogP contribution in [0.5, 0.6) is 0 Å². The highest BCUT2D eigenvalue weighted by molar-refractivity contribution is 4.78. The minimum absolute atomic E-state index is 0.0403. The molecule has 0 amide bonds. The standard InChI is InChI=1S/C14H32N2O/c1-8-16(9-2)11-13(4)15-12(3)10-14(5,6)17-7/h12-13,15H,8-11H2,1-7H3. The van der Waals surface area contributed by atoms with E-state index in [1.165, 1.54) is 0 Å². The maximum Gasteiger partial charge on any atom is 0.0637 e. The first-order chi connectivity index (χ1) is 7.84. The highest BCUT2D eigenvalue weighted by Gasteiger charge is 2.21. The molecule has 0 spiro atoms. The molecule has 0 aliphatic rings. The van der Waals surface area contributed by atoms with Crippen LogP contribution in [0.4, 0.5) is 0 Å². The van der Waals surface area contributed by atoms with Crippen molar-refractivity contribution in [2.24, 2.45) is 0 Å². The topological polar surface area (TPSA) is 24.5 Å². The van der Waals surface area contributed by atoms with Crippen molar-refractivity contribution in [3.63, 3.8) is 0 Å². The van der Waals surface area contributed by atoms with E-state index in [0.29, 0.717) is 12.1 Å². The zero-order valence-corrected chi connectivity index (χ0v) is 12.8. The van der Waals surface area contributed by atoms with Gasteiger partial charge in [-0.3, -0.25) is 0 Å². The maximum absolute atomic E-state index is 5.46. The van der Waals surface area contributed by atoms with Gasteiger partial charge in [-0.15, -0.1) is 0 Å². The second-order valence-corrected chi connectivity index (χ2v) is 5.62. The second kappa shape index (κ2) is 8.06. The summed E-state index contributed by atoms with van der Waals surface area (Å²) in [4.78, 5) is 2.45. The third-order valence-electron chi connectivity index (χ3n) is 3.35. The van der Waals surface area contributed by atoms with Crippen LogP contribution in [0.1, 0.15) is 48.0 Å². The molecule has 0 aromatic rings. The molecule has 0 saturated heterocycles. The van der Waals surface area contributed by atoms with E-state index >= 15 is 0 Å². The summed E-state index contributed by atoms with van der Waals surface area (Å²) < 4.78 is 5.46. The van der Waals surface area contributed by atoms with Crippen molar-refractivity contribution in [2.45, 2.75) is 65.6 Å². The Bertz CT molecular complexity index is 191. The molecule has 0 aromatic carbocycles. The van der Waals surface area contributed by atoms with E-state index in [1.807, 2.05) is 0 Å². The quantitative estimate of drug-likeness (QED) is 0.674. The fourth-order valence-electron chi connectivity index (χ4n) is 2.29. The van der Waals surface area contributed by atoms with E-state index in [1.54, 1.807) is 7.11 Å². The minimum Gasteiger partial charge on any atom is -0.379 e. The summed E-state index contributed by atoms with van der Waals surface area (Å²) >= 11 is 0. The lowest BCUT2D eigenvalue weighted by Crippen LogP contribution is -2.45. The van der Waals surface area contributed by atoms with Gasteiger partial charge in [-0.2, -0.15) is 0 Å². The largest absolute Gasteiger partial charge is 0.379 e. The van der Waals surface area contributed by atoms with Gasteiger partial charge in [0.1, 0.15) is 0 Å². The fraction of sp³-hybridized carbons (Fsp3) is 1.00. The Morgan fingerprint density at radius 1 is 1.12 bits per heavy atom. The van der Waals surface area contributed by atoms with Crippen LogP contribution in [0.3, 0.4) is 0 Å². The molecule has 0 rings (SSSR count). The lowest BCUT2D eigenvalue weighted by Gasteiger charge is -2.30. The predicted octanol–water partition coefficient (Wildman–Crippen LogP) is 2.51. The number of rotatable bonds is 9. The first-order valence-corrected chi connectivity index (χ1v) is 6.88. The smallest absolute Gasteiger partial charge is 0.0637 e. The number of hydrogen-bond donors (Lipinski definition) is 1. The van der Waals surface area contributed by atoms with Gasteiger partial charge in [-0.25, -0.2) is 0 Å². The van der Waals surface area contributed by atoms with Gasteiger partial charge in [0, 0.05) is 25.7 Å². The SMILES string of the molecule is CCN(CC)CC(C)NC(C)CC(C)(C)OC. The van der Waals surface area contributed by atoms with Crippen LogP contribution in [0, 0.1) is 0 Å². The summed E-state index contributed by atoms with van der Waals surface area (Å²) in [6, 6.07) is 1.01. The fourth-order valence-corrected chi connectivity index (χ4v) is 2.29. The van der Waals surface area contributed by atoms with Gasteiger partial charge in [0.2, 0.25) is 0 Å². The Labute approximate surface area is 108 Å². The van der Waals surface area contributed by atoms with Gasteiger partial charge < -0.3 is 15.0 Å². The number of methoxy groups -OCH3 is 1. The molecular formula is C14H32N2O. The highest BCUT2D eigenvalue weighted by Crippen LogP contribution is 2.15. The van der Waals surface area contributed by atoms with Crippen molar-refractivity contribution < 1.29 is 4.74 Å². The highest BCUT2D eigenvalue weighted by atomic mass is 16.5. The Morgan fingerprint density at radius 3 is 2.06 bits per heavy atom. The summed E-state index contributed by atoms with van der Waals surface area (Å²) in [5.41, 5.74) is -0.0403. The number of nitrogens with zero attached hydrogens (tertiary/aromatic N) is 1. The molecule has 104 valence electrons. The van der Waals surface area contributed by atoms with Crippen molar-refractivity contribution in [1.82, 2.24) is 10.2 Å². The van der Waals surface area contributed by atoms with E-state index in [4.69, 9.17) is 4.74 Å². The van der Waals surface area contributed by atoms with E-state index < -0.39 is 0 Å². The molecule has 0 fully saturated rings. The normalized spacial score (nSPS) is 16.2. The molecule has 0 saturated carbocycles. The summed E-state index contributed by atoms with van der Waals surface area (Å²) in [6.45, 7) is 16.6. The molecule has 3 heteroatoms. The monoisotopic (exact) mass is 244 g/mol. The number of nitrogens with one attached hydrogen (secondary N) is 1. The van der Waals surface area contributed by atoms with Gasteiger partial charge in [0.15, 0.2) is 0 Å². The molecule has 0 aliphatic carbocycles. The first-order valence-electron chi connectivity index (χ1n) is 6.88. The van der Waals surface area contributed by atoms with Crippen LogP contribution in [0.2, 0.25) is 0 Å². The molecule has 0 aliphatic heterocycles. The predicted molar refractivity (Wildman–Crippen MR) is 75.6 cm³/mol. The molecule has 3 nitrogen and oxygen atoms in total. The molecule has 0 aromatic heterocycles. The lowest BCUT2D eigenvalue weighted by atomic mass is 9.99. The average molecular weight is 244 g/mol. The molecule has 2 unspecified atom stereocenters. The van der Waals surface area contributed by atoms with Crippen molar-refractivity contribution >= 4 is 0 Å². The van der Waals surface area contributed by atoms with Crippen LogP contribution in [-0.4, -0.2) is 49.3 Å². The van der Waals surface area contributed by atoms with E-state index in [9.17, 15) is 0 Å². The van der Waals surface area contributed by atoms with Crippen LogP contribution in [-0.2, 0) is 4.74 Å². The van der Waals surface area contributed by atoms with Gasteiger partial charge in [-0.05, 0) is 47.2 Å². The molecule has 0 heterocycles. The Hall–Kier alpha value is -0.120. The van der Waals surface area contributed by atoms with Crippen LogP contribution in [0.25, 0.3) is 0 Å². The first kappa shape index (κ1) is 16.9. The van der Waals surface area contributed by atoms with Crippen LogP contribution >= 0.6 is 0 Å². The summed E-state index contributed by atoms with van der Waals surface area (Å²) in [7, 11) is 1.78. The Morgan fingerprint density at radius 2 is 1.65 bits per heavy atom. The molecular weight excluding hydrogens is 212 g/mol. The number of hydrogen-bond acceptors (Lipinski definition) is 3. The molecule has 2 atom stereocenters. The van der Waals surface area contributed by atoms with E-state index in [2.05, 4.69) is 51.8 Å². The molecule has 17 heavy (non-hydrogen) atoms. The number of ether oxygens (including phenoxy) is 1. The Balaban J connectivity index is 3.99. The van der Waals surface area contributed by atoms with Gasteiger partial charge in [-0.1, -0.05) is 13.8 Å². The molecule has 1 N–H and O–H groups in total. The molecule has 0 radical (unpaired) electrons. The van der Waals surface area contributed by atoms with Crippen molar-refractivity contribution in [3.05, 3.63) is 0 Å². The van der Waals surface area contributed by atoms with Gasteiger partial charge in [0.05, 0.1) is 5.60 Å². The van der Waals surface area contributed by atoms with E-state index in [-0.39, 0.29) is 5.60 Å². The summed E-state index contributed by atoms with van der Waals surface area (Å²) in [5, 5.41) is 3.65. The van der Waals surface area contributed by atoms with Gasteiger partial charge >= 0.3 is 0 Å². The zero-order valence-electron chi connectivity index (χ0n) is 12.8. The number of likely N-dealkylation sites (N-methyl/N-ethyl adjacent to an activating group) is 1. The van der Waals surface area contributed by atoms with Gasteiger partial charge in [0.25, 0.3) is 0 Å². The third kappa shape index (κ3) is 7.74. The van der Waals surface area contributed by atoms with Crippen molar-refractivity contribution in [3.8, 4) is 0 Å². The lowest BCUT2D eigenvalue weighted by molar-refractivity contribution is 0.00753. The second-order valence-electron chi connectivity index (χ2n) is 5.62. The average Bonchev–Trinajstić information content (AvgIpc) is 2.24. The summed E-state index contributed by atoms with van der Waals surface area (Å²) in [6.07, 6.45) is 1.03. The molecule has 0 bridgehead atoms. The maximum atomic E-state index is 5.46. The van der Waals surface area contributed by atoms with E-state index in [0.717, 1.165) is 26.1 Å². The summed E-state index contributed by atoms with van der Waals surface area (Å²) in [5.74, 6) is 0. The van der Waals surface area contributed by atoms with Crippen LogP contribution in [0.15, 0.2) is 0 Å². The van der Waals surface area contributed by atoms with Crippen molar-refractivity contribution in [1.29, 1.82) is 0 Å². The third-order valence-corrected chi connectivity index (χ3v) is 3.35. The van der Waals surface area contributed by atoms with Crippen LogP contribution < -0.4 is 5.32 Å². The minimum atomic E-state index is -0.0403. The van der Waals surface area contributed by atoms with Crippen molar-refractivity contribution in [2.75, 3.05) is 26.7 Å². The zero-order chi connectivity index (χ0) is 13.5.